The Kier molecular flexibility index (Phi) is 3.63. The predicted molar refractivity (Wildman–Crippen MR) is 80.1 cm³/mol. The van der Waals surface area contributed by atoms with Crippen LogP contribution in [0.25, 0.3) is 0 Å². The van der Waals surface area contributed by atoms with Crippen LogP contribution >= 0.6 is 0 Å². The van der Waals surface area contributed by atoms with E-state index in [0.29, 0.717) is 17.4 Å². The maximum absolute atomic E-state index is 10.0. The number of piperidine rings is 1. The lowest BCUT2D eigenvalue weighted by Gasteiger charge is -2.31. The number of fused-ring (bicyclic) bond motifs is 1. The number of nitrogens with zero attached hydrogens (tertiary/aromatic N) is 2. The molecule has 0 aliphatic carbocycles. The molecule has 3 rings (SSSR count). The lowest BCUT2D eigenvalue weighted by Crippen LogP contribution is -2.39. The van der Waals surface area contributed by atoms with Gasteiger partial charge in [0.25, 0.3) is 0 Å². The summed E-state index contributed by atoms with van der Waals surface area (Å²) in [4.78, 5) is 2.32. The van der Waals surface area contributed by atoms with E-state index in [-0.39, 0.29) is 11.8 Å². The highest BCUT2D eigenvalue weighted by Crippen LogP contribution is 2.41. The summed E-state index contributed by atoms with van der Waals surface area (Å²) in [6.45, 7) is 2.02. The number of aromatic hydroxyl groups is 1. The largest absolute Gasteiger partial charge is 0.502 e. The van der Waals surface area contributed by atoms with Gasteiger partial charge in [0.15, 0.2) is 11.5 Å². The molecule has 0 radical (unpaired) electrons. The van der Waals surface area contributed by atoms with Crippen molar-refractivity contribution in [3.8, 4) is 17.2 Å². The standard InChI is InChI=1S/C15H21N3O3/c1-18-5-4-11-10(8-18)14(17-16-11)9-6-12(20-2)15(19)13(7-9)21-3/h6-7,10,14,17,19H,4-5,8H2,1-3H3. The molecule has 0 spiro atoms. The highest BCUT2D eigenvalue weighted by molar-refractivity contribution is 5.90. The SMILES string of the molecule is COc1cc(C2NN=C3CCN(C)CC32)cc(OC)c1O. The number of methoxy groups -OCH3 is 2. The summed E-state index contributed by atoms with van der Waals surface area (Å²) in [5.41, 5.74) is 5.47. The number of rotatable bonds is 3. The van der Waals surface area contributed by atoms with Gasteiger partial charge in [0, 0.05) is 31.1 Å². The van der Waals surface area contributed by atoms with Crippen molar-refractivity contribution in [1.29, 1.82) is 0 Å². The van der Waals surface area contributed by atoms with Crippen LogP contribution in [0.3, 0.4) is 0 Å². The molecule has 1 fully saturated rings. The first-order valence-corrected chi connectivity index (χ1v) is 7.09. The summed E-state index contributed by atoms with van der Waals surface area (Å²) in [5.74, 6) is 1.22. The molecule has 6 nitrogen and oxygen atoms in total. The number of likely N-dealkylation sites (tertiary alicyclic amines) is 1. The highest BCUT2D eigenvalue weighted by Gasteiger charge is 2.36. The molecule has 2 atom stereocenters. The smallest absolute Gasteiger partial charge is 0.200 e. The zero-order valence-electron chi connectivity index (χ0n) is 12.6. The summed E-state index contributed by atoms with van der Waals surface area (Å²) in [7, 11) is 5.21. The average Bonchev–Trinajstić information content (AvgIpc) is 2.90. The number of hydrogen-bond donors (Lipinski definition) is 2. The molecule has 0 amide bonds. The molecule has 2 heterocycles. The minimum atomic E-state index is 0.0312. The molecule has 6 heteroatoms. The van der Waals surface area contributed by atoms with E-state index in [1.807, 2.05) is 12.1 Å². The normalized spacial score (nSPS) is 25.0. The van der Waals surface area contributed by atoms with Crippen LogP contribution in [-0.4, -0.2) is 50.1 Å². The minimum absolute atomic E-state index is 0.0312. The predicted octanol–water partition coefficient (Wildman–Crippen LogP) is 1.36. The topological polar surface area (TPSA) is 66.3 Å². The first kappa shape index (κ1) is 14.0. The molecule has 2 unspecified atom stereocenters. The number of hydrogen-bond acceptors (Lipinski definition) is 6. The summed E-state index contributed by atoms with van der Waals surface area (Å²) >= 11 is 0. The van der Waals surface area contributed by atoms with Crippen molar-refractivity contribution in [2.24, 2.45) is 11.0 Å². The van der Waals surface area contributed by atoms with E-state index < -0.39 is 0 Å². The Hall–Kier alpha value is -1.95. The van der Waals surface area contributed by atoms with Crippen LogP contribution in [0, 0.1) is 5.92 Å². The van der Waals surface area contributed by atoms with Gasteiger partial charge in [-0.15, -0.1) is 0 Å². The highest BCUT2D eigenvalue weighted by atomic mass is 16.5. The van der Waals surface area contributed by atoms with E-state index in [2.05, 4.69) is 22.5 Å². The molecule has 21 heavy (non-hydrogen) atoms. The summed E-state index contributed by atoms with van der Waals surface area (Å²) in [6.07, 6.45) is 0.997. The van der Waals surface area contributed by atoms with Gasteiger partial charge in [-0.2, -0.15) is 5.10 Å². The van der Waals surface area contributed by atoms with Crippen molar-refractivity contribution in [3.05, 3.63) is 17.7 Å². The molecule has 1 saturated heterocycles. The van der Waals surface area contributed by atoms with E-state index in [4.69, 9.17) is 9.47 Å². The van der Waals surface area contributed by atoms with Crippen LogP contribution in [0.5, 0.6) is 17.2 Å². The molecule has 114 valence electrons. The quantitative estimate of drug-likeness (QED) is 0.880. The molecular weight excluding hydrogens is 270 g/mol. The van der Waals surface area contributed by atoms with Gasteiger partial charge in [-0.3, -0.25) is 0 Å². The second-order valence-corrected chi connectivity index (χ2v) is 5.60. The molecular formula is C15H21N3O3. The number of ether oxygens (including phenoxy) is 2. The van der Waals surface area contributed by atoms with Gasteiger partial charge in [0.1, 0.15) is 0 Å². The molecule has 2 aliphatic heterocycles. The monoisotopic (exact) mass is 291 g/mol. The van der Waals surface area contributed by atoms with E-state index >= 15 is 0 Å². The molecule has 2 N–H and O–H groups in total. The first-order valence-electron chi connectivity index (χ1n) is 7.09. The lowest BCUT2D eigenvalue weighted by atomic mass is 9.86. The van der Waals surface area contributed by atoms with Crippen molar-refractivity contribution in [2.75, 3.05) is 34.4 Å². The van der Waals surface area contributed by atoms with Crippen LogP contribution in [0.2, 0.25) is 0 Å². The molecule has 0 saturated carbocycles. The van der Waals surface area contributed by atoms with Crippen LogP contribution < -0.4 is 14.9 Å². The zero-order valence-corrected chi connectivity index (χ0v) is 12.6. The Bertz CT molecular complexity index is 548. The number of hydrazone groups is 1. The number of nitrogens with one attached hydrogen (secondary N) is 1. The Morgan fingerprint density at radius 3 is 2.57 bits per heavy atom. The molecule has 0 bridgehead atoms. The third kappa shape index (κ3) is 2.40. The first-order chi connectivity index (χ1) is 10.1. The second-order valence-electron chi connectivity index (χ2n) is 5.60. The average molecular weight is 291 g/mol. The molecule has 1 aromatic rings. The van der Waals surface area contributed by atoms with Gasteiger partial charge in [0.2, 0.25) is 5.75 Å². The fourth-order valence-corrected chi connectivity index (χ4v) is 3.10. The molecule has 2 aliphatic rings. The van der Waals surface area contributed by atoms with Crippen molar-refractivity contribution in [1.82, 2.24) is 10.3 Å². The Labute approximate surface area is 124 Å². The van der Waals surface area contributed by atoms with Crippen LogP contribution in [0.15, 0.2) is 17.2 Å². The van der Waals surface area contributed by atoms with Gasteiger partial charge in [-0.1, -0.05) is 0 Å². The summed E-state index contributed by atoms with van der Waals surface area (Å²) in [6, 6.07) is 3.79. The fourth-order valence-electron chi connectivity index (χ4n) is 3.10. The van der Waals surface area contributed by atoms with Gasteiger partial charge in [-0.25, -0.2) is 0 Å². The maximum atomic E-state index is 10.0. The zero-order chi connectivity index (χ0) is 15.0. The number of phenols is 1. The van der Waals surface area contributed by atoms with Crippen molar-refractivity contribution in [2.45, 2.75) is 12.5 Å². The van der Waals surface area contributed by atoms with Crippen LogP contribution in [0.1, 0.15) is 18.0 Å². The summed E-state index contributed by atoms with van der Waals surface area (Å²) in [5, 5.41) is 14.5. The van der Waals surface area contributed by atoms with Crippen molar-refractivity contribution < 1.29 is 14.6 Å². The van der Waals surface area contributed by atoms with E-state index in [1.54, 1.807) is 0 Å². The van der Waals surface area contributed by atoms with Crippen molar-refractivity contribution >= 4 is 5.71 Å². The van der Waals surface area contributed by atoms with Crippen LogP contribution in [0.4, 0.5) is 0 Å². The Morgan fingerprint density at radius 1 is 1.29 bits per heavy atom. The number of benzene rings is 1. The van der Waals surface area contributed by atoms with Gasteiger partial charge in [-0.05, 0) is 24.7 Å². The van der Waals surface area contributed by atoms with Crippen molar-refractivity contribution in [3.63, 3.8) is 0 Å². The Balaban J connectivity index is 1.94. The van der Waals surface area contributed by atoms with E-state index in [9.17, 15) is 5.11 Å². The maximum Gasteiger partial charge on any atom is 0.200 e. The van der Waals surface area contributed by atoms with Gasteiger partial charge >= 0.3 is 0 Å². The molecule has 1 aromatic carbocycles. The van der Waals surface area contributed by atoms with Crippen LogP contribution in [-0.2, 0) is 0 Å². The third-order valence-electron chi connectivity index (χ3n) is 4.30. The van der Waals surface area contributed by atoms with Gasteiger partial charge < -0.3 is 24.9 Å². The second kappa shape index (κ2) is 5.44. The minimum Gasteiger partial charge on any atom is -0.502 e. The van der Waals surface area contributed by atoms with E-state index in [0.717, 1.165) is 25.1 Å². The fraction of sp³-hybridized carbons (Fsp3) is 0.533. The van der Waals surface area contributed by atoms with E-state index in [1.165, 1.54) is 19.9 Å². The lowest BCUT2D eigenvalue weighted by molar-refractivity contribution is 0.271. The summed E-state index contributed by atoms with van der Waals surface area (Å²) < 4.78 is 10.5. The number of phenolic OH excluding ortho intramolecular Hbond substituents is 1. The Morgan fingerprint density at radius 2 is 1.95 bits per heavy atom. The molecule has 0 aromatic heterocycles. The van der Waals surface area contributed by atoms with Gasteiger partial charge in [0.05, 0.1) is 20.3 Å². The third-order valence-corrected chi connectivity index (χ3v) is 4.30.